The van der Waals surface area contributed by atoms with Crippen molar-refractivity contribution in [3.63, 3.8) is 0 Å². The van der Waals surface area contributed by atoms with Crippen molar-refractivity contribution in [2.24, 2.45) is 0 Å². The van der Waals surface area contributed by atoms with Crippen molar-refractivity contribution in [3.05, 3.63) is 37.0 Å². The Morgan fingerprint density at radius 1 is 1.17 bits per heavy atom. The van der Waals surface area contributed by atoms with Crippen molar-refractivity contribution in [3.8, 4) is 11.5 Å². The van der Waals surface area contributed by atoms with Crippen LogP contribution in [0.4, 0.5) is 0 Å². The molecule has 2 heterocycles. The maximum Gasteiger partial charge on any atom is 0.186 e. The third-order valence-corrected chi connectivity index (χ3v) is 1.30. The van der Waals surface area contributed by atoms with E-state index in [0.29, 0.717) is 11.5 Å². The third kappa shape index (κ3) is 1.42. The van der Waals surface area contributed by atoms with Gasteiger partial charge in [-0.05, 0) is 12.1 Å². The largest absolute Gasteiger partial charge is 0.452 e. The molecular formula is C8H6N2O2. The topological polar surface area (TPSA) is 48.2 Å². The van der Waals surface area contributed by atoms with Crippen molar-refractivity contribution in [1.82, 2.24) is 10.1 Å². The number of pyridine rings is 1. The molecule has 2 aromatic heterocycles. The van der Waals surface area contributed by atoms with Crippen LogP contribution in [0.1, 0.15) is 0 Å². The predicted molar refractivity (Wildman–Crippen MR) is 40.8 cm³/mol. The fourth-order valence-electron chi connectivity index (χ4n) is 0.788. The molecule has 0 aliphatic heterocycles. The Morgan fingerprint density at radius 3 is 2.67 bits per heavy atom. The summed E-state index contributed by atoms with van der Waals surface area (Å²) in [5.74, 6) is 1.30. The maximum atomic E-state index is 5.32. The molecule has 0 aromatic carbocycles. The number of nitrogens with zero attached hydrogens (tertiary/aromatic N) is 2. The Hall–Kier alpha value is -1.84. The molecule has 0 N–H and O–H groups in total. The fraction of sp³-hybridized carbons (Fsp3) is 0. The Kier molecular flexibility index (Phi) is 1.74. The SMILES string of the molecule is c1cc(Oc2cnoc2)ccn1. The van der Waals surface area contributed by atoms with E-state index >= 15 is 0 Å². The van der Waals surface area contributed by atoms with Gasteiger partial charge in [0.25, 0.3) is 0 Å². The zero-order valence-electron chi connectivity index (χ0n) is 6.18. The molecule has 2 rings (SSSR count). The summed E-state index contributed by atoms with van der Waals surface area (Å²) < 4.78 is 9.92. The summed E-state index contributed by atoms with van der Waals surface area (Å²) in [5, 5.41) is 3.50. The first-order valence-corrected chi connectivity index (χ1v) is 3.42. The van der Waals surface area contributed by atoms with Gasteiger partial charge >= 0.3 is 0 Å². The highest BCUT2D eigenvalue weighted by Gasteiger charge is 1.96. The normalized spacial score (nSPS) is 9.67. The molecule has 0 aliphatic rings. The molecule has 0 saturated heterocycles. The Balaban J connectivity index is 2.15. The van der Waals surface area contributed by atoms with Crippen molar-refractivity contribution < 1.29 is 9.26 Å². The van der Waals surface area contributed by atoms with E-state index < -0.39 is 0 Å². The minimum absolute atomic E-state index is 0.584. The number of ether oxygens (including phenoxy) is 1. The molecule has 0 unspecified atom stereocenters. The Bertz CT molecular complexity index is 331. The molecule has 0 bridgehead atoms. The van der Waals surface area contributed by atoms with Crippen molar-refractivity contribution in [2.75, 3.05) is 0 Å². The van der Waals surface area contributed by atoms with Gasteiger partial charge in [0.1, 0.15) is 11.9 Å². The van der Waals surface area contributed by atoms with Gasteiger partial charge in [0.15, 0.2) is 12.0 Å². The van der Waals surface area contributed by atoms with Gasteiger partial charge in [0.05, 0.1) is 0 Å². The lowest BCUT2D eigenvalue weighted by Gasteiger charge is -1.98. The lowest BCUT2D eigenvalue weighted by Crippen LogP contribution is -1.80. The van der Waals surface area contributed by atoms with Gasteiger partial charge in [-0.25, -0.2) is 0 Å². The highest BCUT2D eigenvalue weighted by atomic mass is 16.5. The quantitative estimate of drug-likeness (QED) is 0.676. The van der Waals surface area contributed by atoms with E-state index in [0.717, 1.165) is 0 Å². The van der Waals surface area contributed by atoms with Crippen molar-refractivity contribution in [1.29, 1.82) is 0 Å². The van der Waals surface area contributed by atoms with Gasteiger partial charge in [0, 0.05) is 12.4 Å². The average molecular weight is 162 g/mol. The summed E-state index contributed by atoms with van der Waals surface area (Å²) in [6.07, 6.45) is 6.24. The van der Waals surface area contributed by atoms with E-state index in [4.69, 9.17) is 4.74 Å². The molecule has 0 aliphatic carbocycles. The molecule has 2 aromatic rings. The summed E-state index contributed by atoms with van der Waals surface area (Å²) in [5.41, 5.74) is 0. The number of hydrogen-bond donors (Lipinski definition) is 0. The van der Waals surface area contributed by atoms with Crippen LogP contribution in [0.3, 0.4) is 0 Å². The minimum atomic E-state index is 0.584. The van der Waals surface area contributed by atoms with Crippen LogP contribution in [0.2, 0.25) is 0 Å². The highest BCUT2D eigenvalue weighted by Crippen LogP contribution is 2.18. The van der Waals surface area contributed by atoms with Gasteiger partial charge < -0.3 is 9.26 Å². The monoisotopic (exact) mass is 162 g/mol. The molecule has 12 heavy (non-hydrogen) atoms. The second-order valence-corrected chi connectivity index (χ2v) is 2.15. The van der Waals surface area contributed by atoms with Gasteiger partial charge in [-0.15, -0.1) is 0 Å². The standard InChI is InChI=1S/C8H6N2O2/c1-3-9-4-2-7(1)12-8-5-10-11-6-8/h1-6H. The van der Waals surface area contributed by atoms with E-state index in [-0.39, 0.29) is 0 Å². The third-order valence-electron chi connectivity index (χ3n) is 1.30. The molecule has 0 spiro atoms. The number of rotatable bonds is 2. The average Bonchev–Trinajstić information content (AvgIpc) is 2.59. The zero-order valence-corrected chi connectivity index (χ0v) is 6.18. The summed E-state index contributed by atoms with van der Waals surface area (Å²) >= 11 is 0. The molecule has 0 radical (unpaired) electrons. The molecule has 0 atom stereocenters. The van der Waals surface area contributed by atoms with E-state index in [1.54, 1.807) is 24.5 Å². The van der Waals surface area contributed by atoms with Crippen molar-refractivity contribution in [2.45, 2.75) is 0 Å². The maximum absolute atomic E-state index is 5.32. The first-order chi connectivity index (χ1) is 5.95. The van der Waals surface area contributed by atoms with Crippen LogP contribution < -0.4 is 4.74 Å². The van der Waals surface area contributed by atoms with Crippen LogP contribution in [0, 0.1) is 0 Å². The Labute approximate surface area is 68.8 Å². The summed E-state index contributed by atoms with van der Waals surface area (Å²) in [6.45, 7) is 0. The van der Waals surface area contributed by atoms with E-state index in [1.165, 1.54) is 12.5 Å². The minimum Gasteiger partial charge on any atom is -0.452 e. The predicted octanol–water partition coefficient (Wildman–Crippen LogP) is 1.86. The van der Waals surface area contributed by atoms with Crippen LogP contribution >= 0.6 is 0 Å². The molecule has 0 amide bonds. The van der Waals surface area contributed by atoms with Crippen LogP contribution in [-0.2, 0) is 0 Å². The van der Waals surface area contributed by atoms with Crippen LogP contribution in [0.5, 0.6) is 11.5 Å². The second kappa shape index (κ2) is 3.04. The number of aromatic nitrogens is 2. The zero-order chi connectivity index (χ0) is 8.23. The van der Waals surface area contributed by atoms with E-state index in [2.05, 4.69) is 14.7 Å². The lowest BCUT2D eigenvalue weighted by atomic mass is 10.4. The summed E-state index contributed by atoms with van der Waals surface area (Å²) in [4.78, 5) is 3.86. The molecule has 0 fully saturated rings. The van der Waals surface area contributed by atoms with Gasteiger partial charge in [0.2, 0.25) is 0 Å². The van der Waals surface area contributed by atoms with Gasteiger partial charge in [-0.3, -0.25) is 4.98 Å². The molecule has 0 saturated carbocycles. The fourth-order valence-corrected chi connectivity index (χ4v) is 0.788. The summed E-state index contributed by atoms with van der Waals surface area (Å²) in [6, 6.07) is 3.51. The van der Waals surface area contributed by atoms with E-state index in [9.17, 15) is 0 Å². The van der Waals surface area contributed by atoms with E-state index in [1.807, 2.05) is 0 Å². The van der Waals surface area contributed by atoms with Gasteiger partial charge in [-0.1, -0.05) is 5.16 Å². The van der Waals surface area contributed by atoms with Crippen LogP contribution in [0.25, 0.3) is 0 Å². The highest BCUT2D eigenvalue weighted by molar-refractivity contribution is 5.24. The number of hydrogen-bond acceptors (Lipinski definition) is 4. The first-order valence-electron chi connectivity index (χ1n) is 3.42. The van der Waals surface area contributed by atoms with Crippen LogP contribution in [-0.4, -0.2) is 10.1 Å². The van der Waals surface area contributed by atoms with Crippen LogP contribution in [0.15, 0.2) is 41.5 Å². The van der Waals surface area contributed by atoms with Crippen molar-refractivity contribution >= 4 is 0 Å². The van der Waals surface area contributed by atoms with Gasteiger partial charge in [-0.2, -0.15) is 0 Å². The molecule has 4 heteroatoms. The first kappa shape index (κ1) is 6.84. The lowest BCUT2D eigenvalue weighted by molar-refractivity contribution is 0.410. The second-order valence-electron chi connectivity index (χ2n) is 2.15. The molecule has 60 valence electrons. The molecular weight excluding hydrogens is 156 g/mol. The molecule has 4 nitrogen and oxygen atoms in total. The Morgan fingerprint density at radius 2 is 2.00 bits per heavy atom. The summed E-state index contributed by atoms with van der Waals surface area (Å²) in [7, 11) is 0. The smallest absolute Gasteiger partial charge is 0.186 e.